The standard InChI is InChI=1S/C16H20O/c1-3-11-16(12-4-2)14-8-6-5-7-13(14)9-10-15(16)17/h5-10H,3-4,11-12H2,1-2H3. The molecule has 2 rings (SSSR count). The Bertz CT molecular complexity index is 437. The number of carbonyl (C=O) groups is 1. The third kappa shape index (κ3) is 1.95. The lowest BCUT2D eigenvalue weighted by atomic mass is 9.66. The molecule has 0 unspecified atom stereocenters. The highest BCUT2D eigenvalue weighted by Crippen LogP contribution is 2.40. The number of ketones is 1. The summed E-state index contributed by atoms with van der Waals surface area (Å²) >= 11 is 0. The zero-order valence-electron chi connectivity index (χ0n) is 10.7. The first-order valence-electron chi connectivity index (χ1n) is 6.56. The van der Waals surface area contributed by atoms with Crippen molar-refractivity contribution >= 4 is 11.9 Å². The SMILES string of the molecule is CCCC1(CCC)C(=O)C=Cc2ccccc21. The molecule has 0 aromatic heterocycles. The molecule has 0 spiro atoms. The molecule has 0 saturated heterocycles. The number of allylic oxidation sites excluding steroid dienone is 1. The quantitative estimate of drug-likeness (QED) is 0.757. The Kier molecular flexibility index (Phi) is 3.46. The Balaban J connectivity index is 2.55. The van der Waals surface area contributed by atoms with Crippen LogP contribution in [0.1, 0.15) is 50.7 Å². The Hall–Kier alpha value is -1.37. The maximum absolute atomic E-state index is 12.4. The molecule has 1 heteroatoms. The van der Waals surface area contributed by atoms with Crippen LogP contribution in [0.25, 0.3) is 6.08 Å². The van der Waals surface area contributed by atoms with Crippen LogP contribution in [-0.4, -0.2) is 5.78 Å². The molecular formula is C16H20O. The molecule has 0 heterocycles. The van der Waals surface area contributed by atoms with Crippen LogP contribution in [0, 0.1) is 0 Å². The summed E-state index contributed by atoms with van der Waals surface area (Å²) in [5, 5.41) is 0. The van der Waals surface area contributed by atoms with E-state index in [1.807, 2.05) is 18.2 Å². The smallest absolute Gasteiger partial charge is 0.166 e. The van der Waals surface area contributed by atoms with Crippen molar-refractivity contribution in [3.8, 4) is 0 Å². The highest BCUT2D eigenvalue weighted by atomic mass is 16.1. The van der Waals surface area contributed by atoms with Gasteiger partial charge in [-0.1, -0.05) is 57.0 Å². The van der Waals surface area contributed by atoms with Gasteiger partial charge in [0.15, 0.2) is 5.78 Å². The van der Waals surface area contributed by atoms with Crippen molar-refractivity contribution in [2.75, 3.05) is 0 Å². The van der Waals surface area contributed by atoms with Crippen molar-refractivity contribution < 1.29 is 4.79 Å². The van der Waals surface area contributed by atoms with E-state index in [9.17, 15) is 4.79 Å². The fourth-order valence-corrected chi connectivity index (χ4v) is 3.03. The minimum atomic E-state index is -0.255. The van der Waals surface area contributed by atoms with E-state index in [-0.39, 0.29) is 5.41 Å². The van der Waals surface area contributed by atoms with E-state index >= 15 is 0 Å². The van der Waals surface area contributed by atoms with Crippen LogP contribution in [0.4, 0.5) is 0 Å². The molecule has 0 fully saturated rings. The topological polar surface area (TPSA) is 17.1 Å². The van der Waals surface area contributed by atoms with Crippen LogP contribution in [0.15, 0.2) is 30.3 Å². The molecule has 0 saturated carbocycles. The van der Waals surface area contributed by atoms with Crippen LogP contribution in [-0.2, 0) is 10.2 Å². The number of fused-ring (bicyclic) bond motifs is 1. The van der Waals surface area contributed by atoms with Crippen LogP contribution in [0.5, 0.6) is 0 Å². The van der Waals surface area contributed by atoms with Crippen molar-refractivity contribution in [1.82, 2.24) is 0 Å². The summed E-state index contributed by atoms with van der Waals surface area (Å²) in [7, 11) is 0. The molecule has 1 nitrogen and oxygen atoms in total. The fourth-order valence-electron chi connectivity index (χ4n) is 3.03. The molecule has 0 radical (unpaired) electrons. The van der Waals surface area contributed by atoms with Gasteiger partial charge >= 0.3 is 0 Å². The molecule has 90 valence electrons. The van der Waals surface area contributed by atoms with E-state index in [1.165, 1.54) is 11.1 Å². The summed E-state index contributed by atoms with van der Waals surface area (Å²) in [5.41, 5.74) is 2.19. The second-order valence-electron chi connectivity index (χ2n) is 4.87. The van der Waals surface area contributed by atoms with Gasteiger partial charge in [-0.25, -0.2) is 0 Å². The first kappa shape index (κ1) is 12.1. The molecule has 0 N–H and O–H groups in total. The monoisotopic (exact) mass is 228 g/mol. The number of rotatable bonds is 4. The summed E-state index contributed by atoms with van der Waals surface area (Å²) < 4.78 is 0. The van der Waals surface area contributed by atoms with Gasteiger partial charge in [-0.2, -0.15) is 0 Å². The lowest BCUT2D eigenvalue weighted by Gasteiger charge is -2.35. The van der Waals surface area contributed by atoms with E-state index in [0.29, 0.717) is 5.78 Å². The first-order chi connectivity index (χ1) is 8.24. The van der Waals surface area contributed by atoms with Gasteiger partial charge in [0.25, 0.3) is 0 Å². The number of carbonyl (C=O) groups excluding carboxylic acids is 1. The minimum absolute atomic E-state index is 0.255. The maximum atomic E-state index is 12.4. The van der Waals surface area contributed by atoms with Crippen molar-refractivity contribution in [3.05, 3.63) is 41.5 Å². The lowest BCUT2D eigenvalue weighted by molar-refractivity contribution is -0.120. The number of hydrogen-bond acceptors (Lipinski definition) is 1. The summed E-state index contributed by atoms with van der Waals surface area (Å²) in [4.78, 5) is 12.4. The van der Waals surface area contributed by atoms with E-state index in [0.717, 1.165) is 25.7 Å². The van der Waals surface area contributed by atoms with Gasteiger partial charge < -0.3 is 0 Å². The molecule has 0 bridgehead atoms. The second-order valence-corrected chi connectivity index (χ2v) is 4.87. The van der Waals surface area contributed by atoms with Crippen LogP contribution < -0.4 is 0 Å². The Morgan fingerprint density at radius 2 is 1.65 bits per heavy atom. The molecule has 17 heavy (non-hydrogen) atoms. The summed E-state index contributed by atoms with van der Waals surface area (Å²) in [5.74, 6) is 0.292. The normalized spacial score (nSPS) is 16.9. The van der Waals surface area contributed by atoms with E-state index in [2.05, 4.69) is 26.0 Å². The van der Waals surface area contributed by atoms with Crippen LogP contribution in [0.3, 0.4) is 0 Å². The van der Waals surface area contributed by atoms with Crippen LogP contribution in [0.2, 0.25) is 0 Å². The molecule has 0 atom stereocenters. The highest BCUT2D eigenvalue weighted by molar-refractivity contribution is 6.05. The largest absolute Gasteiger partial charge is 0.294 e. The molecule has 1 aromatic carbocycles. The van der Waals surface area contributed by atoms with Crippen molar-refractivity contribution in [2.24, 2.45) is 0 Å². The van der Waals surface area contributed by atoms with Gasteiger partial charge in [-0.15, -0.1) is 0 Å². The lowest BCUT2D eigenvalue weighted by Crippen LogP contribution is -2.37. The molecule has 1 aliphatic rings. The Morgan fingerprint density at radius 1 is 1.00 bits per heavy atom. The number of benzene rings is 1. The third-order valence-corrected chi connectivity index (χ3v) is 3.72. The van der Waals surface area contributed by atoms with Crippen molar-refractivity contribution in [3.63, 3.8) is 0 Å². The summed E-state index contributed by atoms with van der Waals surface area (Å²) in [6, 6.07) is 8.33. The first-order valence-corrected chi connectivity index (χ1v) is 6.56. The minimum Gasteiger partial charge on any atom is -0.294 e. The van der Waals surface area contributed by atoms with Gasteiger partial charge in [-0.05, 0) is 30.0 Å². The van der Waals surface area contributed by atoms with Crippen LogP contribution >= 0.6 is 0 Å². The van der Waals surface area contributed by atoms with Gasteiger partial charge in [-0.3, -0.25) is 4.79 Å². The van der Waals surface area contributed by atoms with Gasteiger partial charge in [0.05, 0.1) is 5.41 Å². The molecule has 0 aliphatic heterocycles. The van der Waals surface area contributed by atoms with Gasteiger partial charge in [0.2, 0.25) is 0 Å². The van der Waals surface area contributed by atoms with E-state index in [1.54, 1.807) is 6.08 Å². The zero-order valence-corrected chi connectivity index (χ0v) is 10.7. The summed E-state index contributed by atoms with van der Waals surface area (Å²) in [6.45, 7) is 4.32. The highest BCUT2D eigenvalue weighted by Gasteiger charge is 2.39. The predicted octanol–water partition coefficient (Wildman–Crippen LogP) is 4.12. The molecular weight excluding hydrogens is 208 g/mol. The van der Waals surface area contributed by atoms with E-state index in [4.69, 9.17) is 0 Å². The third-order valence-electron chi connectivity index (χ3n) is 3.72. The predicted molar refractivity (Wildman–Crippen MR) is 72.0 cm³/mol. The van der Waals surface area contributed by atoms with Gasteiger partial charge in [0, 0.05) is 0 Å². The molecule has 1 aromatic rings. The second kappa shape index (κ2) is 4.87. The Morgan fingerprint density at radius 3 is 2.29 bits per heavy atom. The fraction of sp³-hybridized carbons (Fsp3) is 0.438. The van der Waals surface area contributed by atoms with E-state index < -0.39 is 0 Å². The van der Waals surface area contributed by atoms with Crippen molar-refractivity contribution in [2.45, 2.75) is 44.9 Å². The molecule has 0 amide bonds. The molecule has 1 aliphatic carbocycles. The number of hydrogen-bond donors (Lipinski definition) is 0. The van der Waals surface area contributed by atoms with Gasteiger partial charge in [0.1, 0.15) is 0 Å². The zero-order chi connectivity index (χ0) is 12.3. The average molecular weight is 228 g/mol. The Labute approximate surface area is 104 Å². The van der Waals surface area contributed by atoms with Crippen molar-refractivity contribution in [1.29, 1.82) is 0 Å². The maximum Gasteiger partial charge on any atom is 0.166 e. The average Bonchev–Trinajstić information content (AvgIpc) is 2.35. The summed E-state index contributed by atoms with van der Waals surface area (Å²) in [6.07, 6.45) is 7.75.